The molecule has 4 nitrogen and oxygen atoms in total. The van der Waals surface area contributed by atoms with E-state index in [1.807, 2.05) is 36.1 Å². The van der Waals surface area contributed by atoms with E-state index >= 15 is 0 Å². The van der Waals surface area contributed by atoms with Crippen molar-refractivity contribution in [2.24, 2.45) is 35.6 Å². The molecule has 5 rings (SSSR count). The molecule has 4 heteroatoms. The molecule has 0 radical (unpaired) electrons. The molecule has 6 unspecified atom stereocenters. The summed E-state index contributed by atoms with van der Waals surface area (Å²) in [7, 11) is 2.00. The van der Waals surface area contributed by atoms with Gasteiger partial charge in [-0.2, -0.15) is 0 Å². The van der Waals surface area contributed by atoms with E-state index in [-0.39, 0.29) is 24.0 Å². The number of rotatable bonds is 2. The molecule has 31 heavy (non-hydrogen) atoms. The van der Waals surface area contributed by atoms with Gasteiger partial charge < -0.3 is 14.8 Å². The predicted octanol–water partition coefficient (Wildman–Crippen LogP) is 5.49. The molecule has 2 aromatic rings. The molecule has 0 amide bonds. The van der Waals surface area contributed by atoms with Gasteiger partial charge in [0.05, 0.1) is 23.5 Å². The first-order valence-electron chi connectivity index (χ1n) is 12.1. The highest BCUT2D eigenvalue weighted by Crippen LogP contribution is 2.61. The summed E-state index contributed by atoms with van der Waals surface area (Å²) in [6, 6.07) is 8.08. The van der Waals surface area contributed by atoms with E-state index in [1.165, 1.54) is 43.2 Å². The second-order valence-electron chi connectivity index (χ2n) is 10.9. The number of hydrogen-bond donors (Lipinski definition) is 2. The topological polar surface area (TPSA) is 58.3 Å². The van der Waals surface area contributed by atoms with Crippen LogP contribution in [0.1, 0.15) is 65.2 Å². The Bertz CT molecular complexity index is 921. The van der Waals surface area contributed by atoms with Gasteiger partial charge >= 0.3 is 0 Å². The average molecular weight is 425 g/mol. The van der Waals surface area contributed by atoms with Crippen LogP contribution < -0.4 is 0 Å². The lowest BCUT2D eigenvalue weighted by molar-refractivity contribution is -0.0661. The number of benzene rings is 1. The van der Waals surface area contributed by atoms with Crippen LogP contribution in [0.2, 0.25) is 0 Å². The third kappa shape index (κ3) is 4.09. The number of imidazole rings is 1. The molecule has 1 aromatic heterocycles. The van der Waals surface area contributed by atoms with E-state index in [0.717, 1.165) is 30.7 Å². The number of fused-ring (bicyclic) bond motifs is 2. The lowest BCUT2D eigenvalue weighted by Gasteiger charge is -2.52. The number of hydrogen-bond acceptors (Lipinski definition) is 3. The zero-order valence-corrected chi connectivity index (χ0v) is 19.6. The van der Waals surface area contributed by atoms with Crippen LogP contribution in [-0.2, 0) is 7.05 Å². The average Bonchev–Trinajstić information content (AvgIpc) is 3.30. The van der Waals surface area contributed by atoms with Crippen LogP contribution >= 0.6 is 0 Å². The molecule has 3 saturated carbocycles. The molecule has 6 atom stereocenters. The second-order valence-corrected chi connectivity index (χ2v) is 10.9. The lowest BCUT2D eigenvalue weighted by Crippen LogP contribution is -2.46. The fourth-order valence-electron chi connectivity index (χ4n) is 6.83. The van der Waals surface area contributed by atoms with E-state index in [2.05, 4.69) is 31.5 Å². The number of nitrogens with zero attached hydrogens (tertiary/aromatic N) is 2. The molecule has 3 fully saturated rings. The molecule has 0 bridgehead atoms. The van der Waals surface area contributed by atoms with Gasteiger partial charge in [-0.3, -0.25) is 0 Å². The van der Waals surface area contributed by atoms with Crippen molar-refractivity contribution in [3.05, 3.63) is 42.7 Å². The summed E-state index contributed by atoms with van der Waals surface area (Å²) in [6.45, 7) is 9.38. The van der Waals surface area contributed by atoms with Crippen LogP contribution in [0.3, 0.4) is 0 Å². The van der Waals surface area contributed by atoms with Gasteiger partial charge in [0, 0.05) is 13.7 Å². The number of para-hydroxylation sites is 2. The van der Waals surface area contributed by atoms with E-state index in [0.29, 0.717) is 11.3 Å². The minimum Gasteiger partial charge on any atom is -0.396 e. The molecular weight excluding hydrogens is 384 g/mol. The first-order valence-corrected chi connectivity index (χ1v) is 12.1. The van der Waals surface area contributed by atoms with Crippen LogP contribution in [0.4, 0.5) is 0 Å². The first kappa shape index (κ1) is 22.5. The van der Waals surface area contributed by atoms with Crippen molar-refractivity contribution in [1.82, 2.24) is 9.55 Å². The third-order valence-electron chi connectivity index (χ3n) is 9.37. The smallest absolute Gasteiger partial charge is 0.0955 e. The summed E-state index contributed by atoms with van der Waals surface area (Å²) in [6.07, 6.45) is 10.8. The fourth-order valence-corrected chi connectivity index (χ4v) is 6.83. The van der Waals surface area contributed by atoms with Crippen molar-refractivity contribution >= 4 is 11.0 Å². The summed E-state index contributed by atoms with van der Waals surface area (Å²) >= 11 is 0. The SMILES string of the molecule is C=C1CCC2CC(C3(C)CCC(O)CC3CO)CCC12C.Cn1cnc2ccccc21. The van der Waals surface area contributed by atoms with Crippen LogP contribution in [0.25, 0.3) is 11.0 Å². The van der Waals surface area contributed by atoms with Gasteiger partial charge in [0.2, 0.25) is 0 Å². The normalized spacial score (nSPS) is 37.9. The Morgan fingerprint density at radius 2 is 1.87 bits per heavy atom. The standard InChI is InChI=1S/C19H32O2.C8H8N2/c1-13-4-5-14-10-15(6-8-18(13,14)2)19(3)9-7-17(21)11-16(19)12-20;1-10-6-9-7-4-2-3-5-8(7)10/h14-17,20-21H,1,4-12H2,2-3H3;2-6H,1H3. The summed E-state index contributed by atoms with van der Waals surface area (Å²) in [5.74, 6) is 1.79. The number of aromatic nitrogens is 2. The maximum absolute atomic E-state index is 9.94. The zero-order valence-electron chi connectivity index (χ0n) is 19.6. The summed E-state index contributed by atoms with van der Waals surface area (Å²) in [5.41, 5.74) is 4.33. The molecular formula is C27H40N2O2. The molecule has 2 N–H and O–H groups in total. The Morgan fingerprint density at radius 3 is 2.61 bits per heavy atom. The highest BCUT2D eigenvalue weighted by molar-refractivity contribution is 5.74. The van der Waals surface area contributed by atoms with Gasteiger partial charge in [-0.25, -0.2) is 4.98 Å². The number of aryl methyl sites for hydroxylation is 1. The maximum atomic E-state index is 9.94. The minimum absolute atomic E-state index is 0.199. The molecule has 170 valence electrons. The van der Waals surface area contributed by atoms with Crippen LogP contribution in [-0.4, -0.2) is 32.5 Å². The third-order valence-corrected chi connectivity index (χ3v) is 9.37. The highest BCUT2D eigenvalue weighted by atomic mass is 16.3. The van der Waals surface area contributed by atoms with Gasteiger partial charge in [0.1, 0.15) is 0 Å². The number of aliphatic hydroxyl groups excluding tert-OH is 2. The van der Waals surface area contributed by atoms with E-state index in [1.54, 1.807) is 0 Å². The van der Waals surface area contributed by atoms with Crippen LogP contribution in [0, 0.1) is 28.6 Å². The lowest BCUT2D eigenvalue weighted by atomic mass is 9.53. The zero-order chi connectivity index (χ0) is 22.2. The van der Waals surface area contributed by atoms with E-state index in [9.17, 15) is 10.2 Å². The van der Waals surface area contributed by atoms with Crippen LogP contribution in [0.5, 0.6) is 0 Å². The molecule has 0 spiro atoms. The summed E-state index contributed by atoms with van der Waals surface area (Å²) in [5, 5.41) is 19.8. The van der Waals surface area contributed by atoms with Gasteiger partial charge in [-0.05, 0) is 92.1 Å². The van der Waals surface area contributed by atoms with Crippen molar-refractivity contribution in [1.29, 1.82) is 0 Å². The molecule has 1 aromatic carbocycles. The monoisotopic (exact) mass is 424 g/mol. The Hall–Kier alpha value is -1.65. The van der Waals surface area contributed by atoms with Gasteiger partial charge in [0.15, 0.2) is 0 Å². The van der Waals surface area contributed by atoms with Crippen molar-refractivity contribution < 1.29 is 10.2 Å². The molecule has 0 saturated heterocycles. The van der Waals surface area contributed by atoms with Gasteiger partial charge in [-0.15, -0.1) is 0 Å². The van der Waals surface area contributed by atoms with Crippen molar-refractivity contribution in [3.63, 3.8) is 0 Å². The highest BCUT2D eigenvalue weighted by Gasteiger charge is 2.52. The summed E-state index contributed by atoms with van der Waals surface area (Å²) < 4.78 is 2.01. The fraction of sp³-hybridized carbons (Fsp3) is 0.667. The largest absolute Gasteiger partial charge is 0.396 e. The molecule has 0 aliphatic heterocycles. The Kier molecular flexibility index (Phi) is 6.33. The van der Waals surface area contributed by atoms with E-state index in [4.69, 9.17) is 0 Å². The summed E-state index contributed by atoms with van der Waals surface area (Å²) in [4.78, 5) is 4.18. The maximum Gasteiger partial charge on any atom is 0.0955 e. The Morgan fingerprint density at radius 1 is 1.10 bits per heavy atom. The Labute approximate surface area is 187 Å². The minimum atomic E-state index is -0.199. The first-order chi connectivity index (χ1) is 14.8. The van der Waals surface area contributed by atoms with Gasteiger partial charge in [0.25, 0.3) is 0 Å². The molecule has 3 aliphatic carbocycles. The van der Waals surface area contributed by atoms with Crippen molar-refractivity contribution in [3.8, 4) is 0 Å². The number of allylic oxidation sites excluding steroid dienone is 1. The number of aliphatic hydroxyl groups is 2. The quantitative estimate of drug-likeness (QED) is 0.627. The second kappa shape index (κ2) is 8.71. The van der Waals surface area contributed by atoms with Gasteiger partial charge in [-0.1, -0.05) is 38.1 Å². The van der Waals surface area contributed by atoms with E-state index < -0.39 is 0 Å². The van der Waals surface area contributed by atoms with Crippen LogP contribution in [0.15, 0.2) is 42.7 Å². The Balaban J connectivity index is 0.000000192. The van der Waals surface area contributed by atoms with Crippen molar-refractivity contribution in [2.45, 2.75) is 71.3 Å². The molecule has 3 aliphatic rings. The van der Waals surface area contributed by atoms with Crippen molar-refractivity contribution in [2.75, 3.05) is 6.61 Å². The predicted molar refractivity (Wildman–Crippen MR) is 127 cm³/mol. The molecule has 1 heterocycles.